The Kier molecular flexibility index (Phi) is 8.08. The molecule has 1 fully saturated rings. The van der Waals surface area contributed by atoms with E-state index >= 15 is 0 Å². The average Bonchev–Trinajstić information content (AvgIpc) is 2.92. The smallest absolute Gasteiger partial charge is 0.0613 e. The third-order valence-electron chi connectivity index (χ3n) is 5.11. The molecule has 1 rings (SSSR count). The van der Waals surface area contributed by atoms with Crippen LogP contribution in [0.3, 0.4) is 0 Å². The van der Waals surface area contributed by atoms with E-state index < -0.39 is 0 Å². The zero-order valence-electron chi connectivity index (χ0n) is 14.1. The highest BCUT2D eigenvalue weighted by atomic mass is 16.3. The minimum atomic E-state index is -0.0484. The van der Waals surface area contributed by atoms with Gasteiger partial charge in [-0.25, -0.2) is 0 Å². The van der Waals surface area contributed by atoms with Gasteiger partial charge in [0.15, 0.2) is 0 Å². The Labute approximate surface area is 126 Å². The first kappa shape index (κ1) is 17.9. The largest absolute Gasteiger partial charge is 0.394 e. The monoisotopic (exact) mass is 284 g/mol. The molecule has 3 nitrogen and oxygen atoms in total. The predicted octanol–water partition coefficient (Wildman–Crippen LogP) is 2.89. The van der Waals surface area contributed by atoms with E-state index in [2.05, 4.69) is 37.9 Å². The van der Waals surface area contributed by atoms with Gasteiger partial charge in [-0.15, -0.1) is 0 Å². The van der Waals surface area contributed by atoms with Gasteiger partial charge in [0.25, 0.3) is 0 Å². The molecular formula is C17H36N2O. The molecule has 0 aliphatic carbocycles. The summed E-state index contributed by atoms with van der Waals surface area (Å²) in [5.74, 6) is 1.71. The molecule has 3 heteroatoms. The van der Waals surface area contributed by atoms with Crippen LogP contribution < -0.4 is 5.32 Å². The van der Waals surface area contributed by atoms with Crippen molar-refractivity contribution in [3.05, 3.63) is 0 Å². The lowest BCUT2D eigenvalue weighted by atomic mass is 9.91. The third kappa shape index (κ3) is 5.34. The van der Waals surface area contributed by atoms with Crippen molar-refractivity contribution in [2.45, 2.75) is 65.3 Å². The number of likely N-dealkylation sites (tertiary alicyclic amines) is 1. The van der Waals surface area contributed by atoms with Crippen molar-refractivity contribution in [3.63, 3.8) is 0 Å². The maximum Gasteiger partial charge on any atom is 0.0613 e. The minimum absolute atomic E-state index is 0.0484. The lowest BCUT2D eigenvalue weighted by molar-refractivity contribution is 0.139. The van der Waals surface area contributed by atoms with Gasteiger partial charge in [-0.3, -0.25) is 0 Å². The summed E-state index contributed by atoms with van der Waals surface area (Å²) in [6.07, 6.45) is 5.78. The van der Waals surface area contributed by atoms with Crippen LogP contribution in [0.1, 0.15) is 59.8 Å². The lowest BCUT2D eigenvalue weighted by Crippen LogP contribution is -2.48. The topological polar surface area (TPSA) is 35.5 Å². The Balaban J connectivity index is 2.30. The van der Waals surface area contributed by atoms with Gasteiger partial charge in [0.1, 0.15) is 0 Å². The Hall–Kier alpha value is -0.120. The lowest BCUT2D eigenvalue weighted by Gasteiger charge is -2.33. The van der Waals surface area contributed by atoms with Crippen LogP contribution in [0.4, 0.5) is 0 Å². The molecule has 0 aromatic rings. The minimum Gasteiger partial charge on any atom is -0.394 e. The molecule has 0 amide bonds. The number of aliphatic hydroxyl groups is 1. The van der Waals surface area contributed by atoms with Crippen LogP contribution >= 0.6 is 0 Å². The summed E-state index contributed by atoms with van der Waals surface area (Å²) in [7, 11) is 0. The molecule has 0 spiro atoms. The molecule has 0 aromatic heterocycles. The van der Waals surface area contributed by atoms with Crippen molar-refractivity contribution >= 4 is 0 Å². The van der Waals surface area contributed by atoms with E-state index in [0.29, 0.717) is 0 Å². The molecule has 1 saturated heterocycles. The van der Waals surface area contributed by atoms with Crippen LogP contribution in [0.15, 0.2) is 0 Å². The van der Waals surface area contributed by atoms with E-state index in [1.54, 1.807) is 0 Å². The van der Waals surface area contributed by atoms with Gasteiger partial charge in [-0.1, -0.05) is 27.7 Å². The molecule has 0 aromatic carbocycles. The van der Waals surface area contributed by atoms with Gasteiger partial charge in [-0.2, -0.15) is 0 Å². The van der Waals surface area contributed by atoms with Crippen LogP contribution in [0.5, 0.6) is 0 Å². The second-order valence-electron chi connectivity index (χ2n) is 6.92. The van der Waals surface area contributed by atoms with Gasteiger partial charge in [0.05, 0.1) is 6.61 Å². The highest BCUT2D eigenvalue weighted by molar-refractivity contribution is 4.87. The van der Waals surface area contributed by atoms with Gasteiger partial charge in [0, 0.05) is 12.1 Å². The number of hydrogen-bond acceptors (Lipinski definition) is 3. The van der Waals surface area contributed by atoms with E-state index in [0.717, 1.165) is 37.6 Å². The fourth-order valence-electron chi connectivity index (χ4n) is 3.28. The molecule has 120 valence electrons. The SMILES string of the molecule is CCCNC(CC)(CO)CCCN1CCC(C(C)C)C1. The third-order valence-corrected chi connectivity index (χ3v) is 5.11. The van der Waals surface area contributed by atoms with Gasteiger partial charge in [0.2, 0.25) is 0 Å². The van der Waals surface area contributed by atoms with E-state index in [4.69, 9.17) is 0 Å². The van der Waals surface area contributed by atoms with Crippen molar-refractivity contribution < 1.29 is 5.11 Å². The highest BCUT2D eigenvalue weighted by Gasteiger charge is 2.28. The number of nitrogens with zero attached hydrogens (tertiary/aromatic N) is 1. The normalized spacial score (nSPS) is 23.4. The summed E-state index contributed by atoms with van der Waals surface area (Å²) in [5, 5.41) is 13.3. The second-order valence-corrected chi connectivity index (χ2v) is 6.92. The van der Waals surface area contributed by atoms with Crippen molar-refractivity contribution in [1.82, 2.24) is 10.2 Å². The molecule has 2 N–H and O–H groups in total. The molecule has 0 radical (unpaired) electrons. The number of nitrogens with one attached hydrogen (secondary N) is 1. The Morgan fingerprint density at radius 2 is 2.10 bits per heavy atom. The first-order chi connectivity index (χ1) is 9.56. The Morgan fingerprint density at radius 1 is 1.35 bits per heavy atom. The molecule has 1 aliphatic heterocycles. The zero-order chi connectivity index (χ0) is 15.0. The summed E-state index contributed by atoms with van der Waals surface area (Å²) in [5.41, 5.74) is -0.0484. The summed E-state index contributed by atoms with van der Waals surface area (Å²) in [6.45, 7) is 14.1. The average molecular weight is 284 g/mol. The molecule has 2 unspecified atom stereocenters. The Morgan fingerprint density at radius 3 is 2.60 bits per heavy atom. The van der Waals surface area contributed by atoms with Crippen molar-refractivity contribution in [2.24, 2.45) is 11.8 Å². The van der Waals surface area contributed by atoms with Gasteiger partial charge < -0.3 is 15.3 Å². The van der Waals surface area contributed by atoms with E-state index in [1.165, 1.54) is 32.5 Å². The first-order valence-electron chi connectivity index (χ1n) is 8.65. The van der Waals surface area contributed by atoms with Crippen molar-refractivity contribution in [2.75, 3.05) is 32.8 Å². The van der Waals surface area contributed by atoms with Crippen molar-refractivity contribution in [3.8, 4) is 0 Å². The molecule has 2 atom stereocenters. The summed E-state index contributed by atoms with van der Waals surface area (Å²) >= 11 is 0. The molecule has 0 bridgehead atoms. The van der Waals surface area contributed by atoms with Crippen molar-refractivity contribution in [1.29, 1.82) is 0 Å². The fraction of sp³-hybridized carbons (Fsp3) is 1.00. The molecule has 1 heterocycles. The zero-order valence-corrected chi connectivity index (χ0v) is 14.1. The van der Waals surface area contributed by atoms with E-state index in [9.17, 15) is 5.11 Å². The van der Waals surface area contributed by atoms with Crippen LogP contribution in [0.25, 0.3) is 0 Å². The molecule has 20 heavy (non-hydrogen) atoms. The summed E-state index contributed by atoms with van der Waals surface area (Å²) in [6, 6.07) is 0. The van der Waals surface area contributed by atoms with Gasteiger partial charge in [-0.05, 0) is 63.6 Å². The fourth-order valence-corrected chi connectivity index (χ4v) is 3.28. The van der Waals surface area contributed by atoms with E-state index in [-0.39, 0.29) is 12.1 Å². The quantitative estimate of drug-likeness (QED) is 0.647. The van der Waals surface area contributed by atoms with Crippen LogP contribution in [-0.2, 0) is 0 Å². The number of hydrogen-bond donors (Lipinski definition) is 2. The molecule has 0 saturated carbocycles. The molecule has 1 aliphatic rings. The number of rotatable bonds is 10. The van der Waals surface area contributed by atoms with E-state index in [1.807, 2.05) is 0 Å². The highest BCUT2D eigenvalue weighted by Crippen LogP contribution is 2.24. The number of aliphatic hydroxyl groups excluding tert-OH is 1. The summed E-state index contributed by atoms with van der Waals surface area (Å²) < 4.78 is 0. The maximum absolute atomic E-state index is 9.73. The van der Waals surface area contributed by atoms with Crippen LogP contribution in [0, 0.1) is 11.8 Å². The summed E-state index contributed by atoms with van der Waals surface area (Å²) in [4.78, 5) is 2.61. The first-order valence-corrected chi connectivity index (χ1v) is 8.65. The second kappa shape index (κ2) is 9.01. The standard InChI is InChI=1S/C17H36N2O/c1-5-10-18-17(6-2,14-20)9-7-11-19-12-8-16(13-19)15(3)4/h15-16,18,20H,5-14H2,1-4H3. The maximum atomic E-state index is 9.73. The van der Waals surface area contributed by atoms with Gasteiger partial charge >= 0.3 is 0 Å². The predicted molar refractivity (Wildman–Crippen MR) is 87.0 cm³/mol. The Bertz CT molecular complexity index is 251. The molecular weight excluding hydrogens is 248 g/mol. The van der Waals surface area contributed by atoms with Crippen LogP contribution in [0.2, 0.25) is 0 Å². The van der Waals surface area contributed by atoms with Crippen LogP contribution in [-0.4, -0.2) is 48.3 Å².